The summed E-state index contributed by atoms with van der Waals surface area (Å²) < 4.78 is 0. The van der Waals surface area contributed by atoms with Crippen LogP contribution < -0.4 is 5.32 Å². The van der Waals surface area contributed by atoms with Gasteiger partial charge in [-0.05, 0) is 67.4 Å². The number of hydrogen-bond acceptors (Lipinski definition) is 3. The van der Waals surface area contributed by atoms with Crippen LogP contribution in [0.2, 0.25) is 0 Å². The predicted octanol–water partition coefficient (Wildman–Crippen LogP) is 3.92. The Kier molecular flexibility index (Phi) is 6.05. The van der Waals surface area contributed by atoms with Crippen LogP contribution in [0.3, 0.4) is 0 Å². The lowest BCUT2D eigenvalue weighted by Crippen LogP contribution is -2.39. The molecular weight excluding hydrogens is 316 g/mol. The van der Waals surface area contributed by atoms with E-state index in [1.807, 2.05) is 35.6 Å². The molecule has 1 N–H and O–H groups in total. The molecule has 0 bridgehead atoms. The molecule has 128 valence electrons. The third-order valence-electron chi connectivity index (χ3n) is 4.87. The van der Waals surface area contributed by atoms with Crippen LogP contribution in [0.1, 0.15) is 46.5 Å². The van der Waals surface area contributed by atoms with Gasteiger partial charge in [-0.15, -0.1) is 11.3 Å². The third-order valence-corrected chi connectivity index (χ3v) is 5.91. The fourth-order valence-electron chi connectivity index (χ4n) is 3.29. The highest BCUT2D eigenvalue weighted by atomic mass is 32.1. The molecule has 0 radical (unpaired) electrons. The number of piperidine rings is 1. The number of amides is 1. The lowest BCUT2D eigenvalue weighted by molar-refractivity contribution is 0.0946. The molecule has 4 heteroatoms. The summed E-state index contributed by atoms with van der Waals surface area (Å²) in [4.78, 5) is 16.2. The molecular formula is C20H26N2OS. The lowest BCUT2D eigenvalue weighted by atomic mass is 9.95. The van der Waals surface area contributed by atoms with Gasteiger partial charge in [-0.1, -0.05) is 25.1 Å². The van der Waals surface area contributed by atoms with Crippen LogP contribution in [-0.2, 0) is 6.42 Å². The first kappa shape index (κ1) is 17.2. The number of nitrogens with one attached hydrogen (secondary N) is 1. The lowest BCUT2D eigenvalue weighted by Gasteiger charge is -2.31. The number of thiophene rings is 1. The highest BCUT2D eigenvalue weighted by molar-refractivity contribution is 7.10. The molecule has 1 aromatic heterocycles. The van der Waals surface area contributed by atoms with Gasteiger partial charge < -0.3 is 10.2 Å². The molecule has 0 atom stereocenters. The molecule has 0 spiro atoms. The highest BCUT2D eigenvalue weighted by Crippen LogP contribution is 2.30. The number of likely N-dealkylation sites (tertiary alicyclic amines) is 1. The number of hydrogen-bond donors (Lipinski definition) is 1. The summed E-state index contributed by atoms with van der Waals surface area (Å²) in [5.74, 6) is 0.763. The smallest absolute Gasteiger partial charge is 0.251 e. The standard InChI is InChI=1S/C20H26N2OS/c1-2-16-5-7-18(8-6-16)20(23)21-11-14-22-12-9-17(10-13-22)19-4-3-15-24-19/h3-8,15,17H,2,9-14H2,1H3,(H,21,23). The average Bonchev–Trinajstić information content (AvgIpc) is 3.17. The van der Waals surface area contributed by atoms with Gasteiger partial charge in [-0.3, -0.25) is 4.79 Å². The quantitative estimate of drug-likeness (QED) is 0.863. The van der Waals surface area contributed by atoms with E-state index in [1.165, 1.54) is 23.3 Å². The molecule has 0 aliphatic carbocycles. The van der Waals surface area contributed by atoms with Gasteiger partial charge >= 0.3 is 0 Å². The average molecular weight is 343 g/mol. The van der Waals surface area contributed by atoms with E-state index >= 15 is 0 Å². The van der Waals surface area contributed by atoms with Gasteiger partial charge in [0.1, 0.15) is 0 Å². The summed E-state index contributed by atoms with van der Waals surface area (Å²) in [6.45, 7) is 6.04. The first-order valence-electron chi connectivity index (χ1n) is 8.89. The maximum absolute atomic E-state index is 12.2. The Balaban J connectivity index is 1.38. The number of carbonyl (C=O) groups is 1. The molecule has 1 aliphatic heterocycles. The van der Waals surface area contributed by atoms with Gasteiger partial charge in [0.15, 0.2) is 0 Å². The van der Waals surface area contributed by atoms with Gasteiger partial charge in [-0.2, -0.15) is 0 Å². The fraction of sp³-hybridized carbons (Fsp3) is 0.450. The maximum atomic E-state index is 12.2. The summed E-state index contributed by atoms with van der Waals surface area (Å²) >= 11 is 1.88. The van der Waals surface area contributed by atoms with E-state index in [9.17, 15) is 4.79 Å². The topological polar surface area (TPSA) is 32.3 Å². The van der Waals surface area contributed by atoms with Crippen LogP contribution in [0.5, 0.6) is 0 Å². The fourth-order valence-corrected chi connectivity index (χ4v) is 4.19. The van der Waals surface area contributed by atoms with Gasteiger partial charge in [0.2, 0.25) is 0 Å². The second-order valence-electron chi connectivity index (χ2n) is 6.44. The van der Waals surface area contributed by atoms with Gasteiger partial charge in [-0.25, -0.2) is 0 Å². The number of aryl methyl sites for hydroxylation is 1. The van der Waals surface area contributed by atoms with Crippen LogP contribution in [-0.4, -0.2) is 37.0 Å². The molecule has 1 fully saturated rings. The van der Waals surface area contributed by atoms with Crippen LogP contribution in [0.25, 0.3) is 0 Å². The Morgan fingerprint density at radius 2 is 1.96 bits per heavy atom. The van der Waals surface area contributed by atoms with Crippen molar-refractivity contribution in [2.24, 2.45) is 0 Å². The largest absolute Gasteiger partial charge is 0.351 e. The predicted molar refractivity (Wildman–Crippen MR) is 101 cm³/mol. The van der Waals surface area contributed by atoms with Gasteiger partial charge in [0, 0.05) is 23.5 Å². The van der Waals surface area contributed by atoms with Gasteiger partial charge in [0.05, 0.1) is 0 Å². The SMILES string of the molecule is CCc1ccc(C(=O)NCCN2CCC(c3cccs3)CC2)cc1. The summed E-state index contributed by atoms with van der Waals surface area (Å²) in [7, 11) is 0. The molecule has 2 heterocycles. The number of nitrogens with zero attached hydrogens (tertiary/aromatic N) is 1. The molecule has 3 nitrogen and oxygen atoms in total. The van der Waals surface area contributed by atoms with E-state index in [0.29, 0.717) is 0 Å². The summed E-state index contributed by atoms with van der Waals surface area (Å²) in [6, 6.07) is 12.3. The molecule has 1 aromatic carbocycles. The van der Waals surface area contributed by atoms with E-state index in [2.05, 4.69) is 34.7 Å². The number of carbonyl (C=O) groups excluding carboxylic acids is 1. The van der Waals surface area contributed by atoms with Crippen molar-refractivity contribution in [1.82, 2.24) is 10.2 Å². The highest BCUT2D eigenvalue weighted by Gasteiger charge is 2.20. The van der Waals surface area contributed by atoms with Crippen molar-refractivity contribution < 1.29 is 4.79 Å². The van der Waals surface area contributed by atoms with E-state index in [1.54, 1.807) is 0 Å². The molecule has 2 aromatic rings. The van der Waals surface area contributed by atoms with E-state index in [4.69, 9.17) is 0 Å². The monoisotopic (exact) mass is 342 g/mol. The van der Waals surface area contributed by atoms with Crippen molar-refractivity contribution >= 4 is 17.2 Å². The van der Waals surface area contributed by atoms with E-state index in [-0.39, 0.29) is 5.91 Å². The van der Waals surface area contributed by atoms with Crippen LogP contribution >= 0.6 is 11.3 Å². The summed E-state index contributed by atoms with van der Waals surface area (Å²) in [5.41, 5.74) is 2.02. The third kappa shape index (κ3) is 4.46. The molecule has 1 saturated heterocycles. The first-order valence-corrected chi connectivity index (χ1v) is 9.77. The Bertz CT molecular complexity index is 628. The van der Waals surface area contributed by atoms with Gasteiger partial charge in [0.25, 0.3) is 5.91 Å². The van der Waals surface area contributed by atoms with Crippen LogP contribution in [0.4, 0.5) is 0 Å². The number of benzene rings is 1. The molecule has 24 heavy (non-hydrogen) atoms. The van der Waals surface area contributed by atoms with Crippen molar-refractivity contribution in [1.29, 1.82) is 0 Å². The minimum atomic E-state index is 0.0334. The molecule has 0 saturated carbocycles. The van der Waals surface area contributed by atoms with Crippen molar-refractivity contribution in [2.45, 2.75) is 32.1 Å². The Morgan fingerprint density at radius 3 is 2.58 bits per heavy atom. The normalized spacial score (nSPS) is 16.2. The van der Waals surface area contributed by atoms with E-state index < -0.39 is 0 Å². The second-order valence-corrected chi connectivity index (χ2v) is 7.42. The zero-order valence-electron chi connectivity index (χ0n) is 14.3. The zero-order valence-corrected chi connectivity index (χ0v) is 15.1. The summed E-state index contributed by atoms with van der Waals surface area (Å²) in [6.07, 6.45) is 3.46. The first-order chi connectivity index (χ1) is 11.8. The molecule has 3 rings (SSSR count). The van der Waals surface area contributed by atoms with Crippen molar-refractivity contribution in [2.75, 3.05) is 26.2 Å². The van der Waals surface area contributed by atoms with E-state index in [0.717, 1.165) is 44.1 Å². The molecule has 1 aliphatic rings. The Labute approximate surface area is 148 Å². The molecule has 1 amide bonds. The Morgan fingerprint density at radius 1 is 1.21 bits per heavy atom. The zero-order chi connectivity index (χ0) is 16.8. The van der Waals surface area contributed by atoms with Crippen molar-refractivity contribution in [3.05, 3.63) is 57.8 Å². The number of rotatable bonds is 6. The van der Waals surface area contributed by atoms with Crippen molar-refractivity contribution in [3.63, 3.8) is 0 Å². The second kappa shape index (κ2) is 8.45. The molecule has 0 unspecified atom stereocenters. The summed E-state index contributed by atoms with van der Waals surface area (Å²) in [5, 5.41) is 5.21. The van der Waals surface area contributed by atoms with Crippen molar-refractivity contribution in [3.8, 4) is 0 Å². The van der Waals surface area contributed by atoms with Crippen LogP contribution in [0.15, 0.2) is 41.8 Å². The Hall–Kier alpha value is -1.65. The van der Waals surface area contributed by atoms with Crippen LogP contribution in [0, 0.1) is 0 Å². The maximum Gasteiger partial charge on any atom is 0.251 e. The minimum Gasteiger partial charge on any atom is -0.351 e. The minimum absolute atomic E-state index is 0.0334.